The molecule has 0 amide bonds. The van der Waals surface area contributed by atoms with E-state index in [1.54, 1.807) is 6.92 Å². The zero-order valence-electron chi connectivity index (χ0n) is 5.22. The van der Waals surface area contributed by atoms with Crippen LogP contribution >= 0.6 is 15.9 Å². The lowest BCUT2D eigenvalue weighted by molar-refractivity contribution is -0.168. The van der Waals surface area contributed by atoms with Gasteiger partial charge in [-0.05, 0) is 13.3 Å². The SMILES string of the molecule is CC1(O)OCC2CC21Br. The van der Waals surface area contributed by atoms with Crippen LogP contribution in [0.2, 0.25) is 0 Å². The number of hydrogen-bond donors (Lipinski definition) is 1. The molecule has 1 aliphatic heterocycles. The molecule has 1 saturated carbocycles. The zero-order valence-corrected chi connectivity index (χ0v) is 6.81. The maximum Gasteiger partial charge on any atom is 0.178 e. The minimum absolute atomic E-state index is 0.0972. The minimum atomic E-state index is -0.919. The van der Waals surface area contributed by atoms with Crippen LogP contribution < -0.4 is 0 Å². The molecule has 1 saturated heterocycles. The molecule has 0 radical (unpaired) electrons. The first-order chi connectivity index (χ1) is 4.06. The Morgan fingerprint density at radius 3 is 2.56 bits per heavy atom. The lowest BCUT2D eigenvalue weighted by Crippen LogP contribution is -2.35. The van der Waals surface area contributed by atoms with Gasteiger partial charge in [-0.1, -0.05) is 15.9 Å². The molecule has 2 fully saturated rings. The second-order valence-electron chi connectivity index (χ2n) is 3.06. The van der Waals surface area contributed by atoms with Crippen molar-refractivity contribution >= 4 is 15.9 Å². The fraction of sp³-hybridized carbons (Fsp3) is 1.00. The first-order valence-electron chi connectivity index (χ1n) is 3.11. The molecule has 2 aliphatic rings. The highest BCUT2D eigenvalue weighted by Gasteiger charge is 2.69. The number of fused-ring (bicyclic) bond motifs is 1. The second kappa shape index (κ2) is 1.36. The van der Waals surface area contributed by atoms with Crippen molar-refractivity contribution in [3.8, 4) is 0 Å². The lowest BCUT2D eigenvalue weighted by atomic mass is 10.2. The molecule has 0 aromatic carbocycles. The van der Waals surface area contributed by atoms with E-state index in [0.29, 0.717) is 12.5 Å². The van der Waals surface area contributed by atoms with Crippen LogP contribution in [-0.4, -0.2) is 21.8 Å². The van der Waals surface area contributed by atoms with E-state index in [-0.39, 0.29) is 4.32 Å². The molecular weight excluding hydrogens is 184 g/mol. The van der Waals surface area contributed by atoms with Crippen LogP contribution in [0.3, 0.4) is 0 Å². The molecule has 3 heteroatoms. The van der Waals surface area contributed by atoms with E-state index >= 15 is 0 Å². The first-order valence-corrected chi connectivity index (χ1v) is 3.91. The third-order valence-corrected chi connectivity index (χ3v) is 4.07. The third-order valence-electron chi connectivity index (χ3n) is 2.37. The van der Waals surface area contributed by atoms with Gasteiger partial charge in [0.2, 0.25) is 0 Å². The minimum Gasteiger partial charge on any atom is -0.365 e. The smallest absolute Gasteiger partial charge is 0.178 e. The van der Waals surface area contributed by atoms with Crippen LogP contribution in [-0.2, 0) is 4.74 Å². The Kier molecular flexibility index (Phi) is 0.926. The highest BCUT2D eigenvalue weighted by molar-refractivity contribution is 9.10. The van der Waals surface area contributed by atoms with Gasteiger partial charge in [-0.2, -0.15) is 0 Å². The fourth-order valence-corrected chi connectivity index (χ4v) is 2.08. The van der Waals surface area contributed by atoms with E-state index in [4.69, 9.17) is 4.74 Å². The monoisotopic (exact) mass is 192 g/mol. The molecule has 2 rings (SSSR count). The van der Waals surface area contributed by atoms with Crippen LogP contribution in [0.15, 0.2) is 0 Å². The van der Waals surface area contributed by atoms with Crippen LogP contribution in [0, 0.1) is 5.92 Å². The summed E-state index contributed by atoms with van der Waals surface area (Å²) in [6.45, 7) is 2.42. The summed E-state index contributed by atoms with van der Waals surface area (Å²) in [7, 11) is 0. The number of alkyl halides is 1. The summed E-state index contributed by atoms with van der Waals surface area (Å²) in [5.41, 5.74) is 0. The Bertz CT molecular complexity index is 152. The normalized spacial score (nSPS) is 63.7. The van der Waals surface area contributed by atoms with E-state index in [1.165, 1.54) is 0 Å². The van der Waals surface area contributed by atoms with Crippen molar-refractivity contribution in [3.05, 3.63) is 0 Å². The van der Waals surface area contributed by atoms with Gasteiger partial charge in [-0.25, -0.2) is 0 Å². The van der Waals surface area contributed by atoms with Gasteiger partial charge in [0.1, 0.15) is 0 Å². The molecule has 9 heavy (non-hydrogen) atoms. The Balaban J connectivity index is 2.28. The maximum atomic E-state index is 9.49. The Morgan fingerprint density at radius 2 is 2.44 bits per heavy atom. The highest BCUT2D eigenvalue weighted by Crippen LogP contribution is 2.62. The highest BCUT2D eigenvalue weighted by atomic mass is 79.9. The summed E-state index contributed by atoms with van der Waals surface area (Å²) in [5, 5.41) is 9.49. The summed E-state index contributed by atoms with van der Waals surface area (Å²) < 4.78 is 5.02. The molecule has 1 N–H and O–H groups in total. The average Bonchev–Trinajstić information content (AvgIpc) is 2.34. The predicted octanol–water partition coefficient (Wildman–Crippen LogP) is 0.879. The molecule has 1 aliphatic carbocycles. The van der Waals surface area contributed by atoms with Gasteiger partial charge < -0.3 is 9.84 Å². The van der Waals surface area contributed by atoms with Crippen molar-refractivity contribution in [1.82, 2.24) is 0 Å². The standard InChI is InChI=1S/C6H9BrO2/c1-5(8)6(7)2-4(6)3-9-5/h4,8H,2-3H2,1H3. The largest absolute Gasteiger partial charge is 0.365 e. The van der Waals surface area contributed by atoms with E-state index in [0.717, 1.165) is 6.42 Å². The van der Waals surface area contributed by atoms with Crippen molar-refractivity contribution in [2.24, 2.45) is 5.92 Å². The molecule has 1 heterocycles. The number of ether oxygens (including phenoxy) is 1. The molecule has 52 valence electrons. The van der Waals surface area contributed by atoms with E-state index in [1.807, 2.05) is 0 Å². The molecule has 0 bridgehead atoms. The van der Waals surface area contributed by atoms with Gasteiger partial charge in [0, 0.05) is 5.92 Å². The molecule has 0 aromatic rings. The van der Waals surface area contributed by atoms with Gasteiger partial charge in [-0.15, -0.1) is 0 Å². The Hall–Kier alpha value is 0.400. The predicted molar refractivity (Wildman–Crippen MR) is 36.3 cm³/mol. The quantitative estimate of drug-likeness (QED) is 0.578. The topological polar surface area (TPSA) is 29.5 Å². The van der Waals surface area contributed by atoms with Crippen molar-refractivity contribution in [3.63, 3.8) is 0 Å². The van der Waals surface area contributed by atoms with Crippen molar-refractivity contribution in [2.45, 2.75) is 23.5 Å². The van der Waals surface area contributed by atoms with Gasteiger partial charge in [0.15, 0.2) is 5.79 Å². The molecule has 3 atom stereocenters. The summed E-state index contributed by atoms with van der Waals surface area (Å²) in [4.78, 5) is 0. The van der Waals surface area contributed by atoms with Crippen LogP contribution in [0.25, 0.3) is 0 Å². The van der Waals surface area contributed by atoms with Crippen molar-refractivity contribution in [1.29, 1.82) is 0 Å². The van der Waals surface area contributed by atoms with E-state index in [2.05, 4.69) is 15.9 Å². The van der Waals surface area contributed by atoms with Gasteiger partial charge in [-0.3, -0.25) is 0 Å². The van der Waals surface area contributed by atoms with Gasteiger partial charge >= 0.3 is 0 Å². The summed E-state index contributed by atoms with van der Waals surface area (Å²) in [6, 6.07) is 0. The average molecular weight is 193 g/mol. The number of halogens is 1. The van der Waals surface area contributed by atoms with Crippen molar-refractivity contribution in [2.75, 3.05) is 6.61 Å². The summed E-state index contributed by atoms with van der Waals surface area (Å²) in [6.07, 6.45) is 1.06. The lowest BCUT2D eigenvalue weighted by Gasteiger charge is -2.23. The maximum absolute atomic E-state index is 9.49. The fourth-order valence-electron chi connectivity index (χ4n) is 1.44. The van der Waals surface area contributed by atoms with E-state index in [9.17, 15) is 5.11 Å². The van der Waals surface area contributed by atoms with Crippen molar-refractivity contribution < 1.29 is 9.84 Å². The molecule has 0 spiro atoms. The van der Waals surface area contributed by atoms with E-state index < -0.39 is 5.79 Å². The van der Waals surface area contributed by atoms with Crippen LogP contribution in [0.5, 0.6) is 0 Å². The van der Waals surface area contributed by atoms with Crippen LogP contribution in [0.1, 0.15) is 13.3 Å². The summed E-state index contributed by atoms with van der Waals surface area (Å²) in [5.74, 6) is -0.370. The molecule has 0 aromatic heterocycles. The second-order valence-corrected chi connectivity index (χ2v) is 4.47. The first kappa shape index (κ1) is 6.13. The third kappa shape index (κ3) is 0.578. The number of hydrogen-bond acceptors (Lipinski definition) is 2. The molecule has 3 unspecified atom stereocenters. The van der Waals surface area contributed by atoms with Crippen LogP contribution in [0.4, 0.5) is 0 Å². The zero-order chi connectivity index (χ0) is 6.70. The number of rotatable bonds is 0. The Morgan fingerprint density at radius 1 is 1.78 bits per heavy atom. The number of aliphatic hydroxyl groups is 1. The van der Waals surface area contributed by atoms with Gasteiger partial charge in [0.25, 0.3) is 0 Å². The molecular formula is C6H9BrO2. The summed E-state index contributed by atoms with van der Waals surface area (Å²) >= 11 is 3.46. The molecule has 2 nitrogen and oxygen atoms in total. The Labute approximate surface area is 62.3 Å². The van der Waals surface area contributed by atoms with Gasteiger partial charge in [0.05, 0.1) is 10.9 Å².